The Morgan fingerprint density at radius 3 is 2.56 bits per heavy atom. The van der Waals surface area contributed by atoms with Gasteiger partial charge in [-0.25, -0.2) is 5.43 Å². The normalized spacial score (nSPS) is 16.0. The van der Waals surface area contributed by atoms with Crippen LogP contribution in [0.2, 0.25) is 0 Å². The number of amidine groups is 1. The summed E-state index contributed by atoms with van der Waals surface area (Å²) in [5, 5.41) is 9.48. The van der Waals surface area contributed by atoms with E-state index in [1.165, 1.54) is 14.2 Å². The molecule has 13 heteroatoms. The maximum absolute atomic E-state index is 12.7. The summed E-state index contributed by atoms with van der Waals surface area (Å²) in [6, 6.07) is 11.9. The van der Waals surface area contributed by atoms with Crippen molar-refractivity contribution in [2.45, 2.75) is 11.7 Å². The number of ether oxygens (including phenoxy) is 2. The Labute approximate surface area is 221 Å². The van der Waals surface area contributed by atoms with Crippen molar-refractivity contribution in [3.63, 3.8) is 0 Å². The van der Waals surface area contributed by atoms with E-state index in [2.05, 4.69) is 37.1 Å². The van der Waals surface area contributed by atoms with Gasteiger partial charge in [0.05, 0.1) is 24.5 Å². The van der Waals surface area contributed by atoms with E-state index in [0.717, 1.165) is 27.6 Å². The molecular formula is C23H19BrN4O6S2. The molecule has 0 radical (unpaired) electrons. The maximum atomic E-state index is 12.7. The molecule has 10 nitrogen and oxygen atoms in total. The van der Waals surface area contributed by atoms with E-state index in [-0.39, 0.29) is 27.1 Å². The van der Waals surface area contributed by atoms with E-state index >= 15 is 0 Å². The van der Waals surface area contributed by atoms with Gasteiger partial charge in [0.25, 0.3) is 5.91 Å². The maximum Gasteiger partial charge on any atom is 0.281 e. The van der Waals surface area contributed by atoms with Gasteiger partial charge in [0.1, 0.15) is 5.25 Å². The average molecular weight is 591 g/mol. The van der Waals surface area contributed by atoms with Crippen molar-refractivity contribution < 1.29 is 23.9 Å². The Kier molecular flexibility index (Phi) is 7.91. The average Bonchev–Trinajstić information content (AvgIpc) is 3.21. The van der Waals surface area contributed by atoms with E-state index in [0.29, 0.717) is 28.0 Å². The third-order valence-electron chi connectivity index (χ3n) is 5.03. The van der Waals surface area contributed by atoms with Crippen molar-refractivity contribution in [1.29, 1.82) is 0 Å². The minimum absolute atomic E-state index is 0.0723. The van der Waals surface area contributed by atoms with Gasteiger partial charge in [-0.1, -0.05) is 45.1 Å². The van der Waals surface area contributed by atoms with E-state index in [4.69, 9.17) is 9.47 Å². The molecule has 0 aliphatic carbocycles. The zero-order valence-corrected chi connectivity index (χ0v) is 22.1. The van der Waals surface area contributed by atoms with Gasteiger partial charge in [-0.05, 0) is 41.8 Å². The van der Waals surface area contributed by atoms with Gasteiger partial charge in [0, 0.05) is 16.6 Å². The second-order valence-corrected chi connectivity index (χ2v) is 10.5. The quantitative estimate of drug-likeness (QED) is 0.359. The first-order valence-electron chi connectivity index (χ1n) is 10.4. The first kappa shape index (κ1) is 25.7. The molecule has 3 amide bonds. The predicted octanol–water partition coefficient (Wildman–Crippen LogP) is 3.30. The second kappa shape index (κ2) is 11.1. The Morgan fingerprint density at radius 1 is 1.11 bits per heavy atom. The van der Waals surface area contributed by atoms with Crippen LogP contribution in [0.15, 0.2) is 56.8 Å². The van der Waals surface area contributed by atoms with E-state index in [1.54, 1.807) is 42.5 Å². The number of benzene rings is 2. The van der Waals surface area contributed by atoms with Gasteiger partial charge >= 0.3 is 0 Å². The number of halogens is 1. The molecule has 1 aliphatic heterocycles. The van der Waals surface area contributed by atoms with Crippen molar-refractivity contribution in [2.24, 2.45) is 5.10 Å². The van der Waals surface area contributed by atoms with E-state index in [9.17, 15) is 19.2 Å². The van der Waals surface area contributed by atoms with Crippen molar-refractivity contribution in [3.05, 3.63) is 61.4 Å². The summed E-state index contributed by atoms with van der Waals surface area (Å²) < 4.78 is 11.1. The lowest BCUT2D eigenvalue weighted by atomic mass is 10.1. The predicted molar refractivity (Wildman–Crippen MR) is 143 cm³/mol. The SMILES string of the molecule is COc1ccc2cc(C(=O)N/N=C3/NC(=O)[C@H](CC(=O)Nc4ccc(Br)cc4)S3)sc(=O)c2c1OC. The molecule has 3 aromatic rings. The number of hydrogen-bond donors (Lipinski definition) is 3. The highest BCUT2D eigenvalue weighted by Crippen LogP contribution is 2.34. The zero-order chi connectivity index (χ0) is 25.8. The minimum Gasteiger partial charge on any atom is -0.493 e. The number of nitrogens with one attached hydrogen (secondary N) is 3. The topological polar surface area (TPSA) is 135 Å². The zero-order valence-electron chi connectivity index (χ0n) is 18.9. The number of anilines is 1. The van der Waals surface area contributed by atoms with Crippen LogP contribution in [-0.4, -0.2) is 42.4 Å². The number of amides is 3. The van der Waals surface area contributed by atoms with Crippen LogP contribution in [-0.2, 0) is 9.59 Å². The summed E-state index contributed by atoms with van der Waals surface area (Å²) in [7, 11) is 2.90. The number of nitrogens with zero attached hydrogens (tertiary/aromatic N) is 1. The minimum atomic E-state index is -0.699. The first-order valence-corrected chi connectivity index (χ1v) is 12.9. The molecule has 186 valence electrons. The van der Waals surface area contributed by atoms with Gasteiger partial charge in [0.2, 0.25) is 16.6 Å². The van der Waals surface area contributed by atoms with Crippen molar-refractivity contribution >= 4 is 78.4 Å². The number of hydrogen-bond acceptors (Lipinski definition) is 9. The molecule has 0 unspecified atom stereocenters. The molecule has 1 aliphatic rings. The summed E-state index contributed by atoms with van der Waals surface area (Å²) in [5.41, 5.74) is 2.96. The van der Waals surface area contributed by atoms with Crippen LogP contribution < -0.4 is 30.3 Å². The number of hydrazone groups is 1. The second-order valence-electron chi connectivity index (χ2n) is 7.38. The smallest absolute Gasteiger partial charge is 0.281 e. The molecule has 0 saturated carbocycles. The molecule has 1 aromatic heterocycles. The summed E-state index contributed by atoms with van der Waals surface area (Å²) in [6.45, 7) is 0. The summed E-state index contributed by atoms with van der Waals surface area (Å²) >= 11 is 5.09. The van der Waals surface area contributed by atoms with E-state index in [1.807, 2.05) is 0 Å². The summed E-state index contributed by atoms with van der Waals surface area (Å²) in [4.78, 5) is 50.1. The van der Waals surface area contributed by atoms with Gasteiger partial charge in [0.15, 0.2) is 16.7 Å². The van der Waals surface area contributed by atoms with Crippen LogP contribution in [0.5, 0.6) is 11.5 Å². The Balaban J connectivity index is 1.41. The summed E-state index contributed by atoms with van der Waals surface area (Å²) in [6.07, 6.45) is -0.0723. The number of carbonyl (C=O) groups is 3. The highest BCUT2D eigenvalue weighted by Gasteiger charge is 2.32. The summed E-state index contributed by atoms with van der Waals surface area (Å²) in [5.74, 6) is -0.637. The van der Waals surface area contributed by atoms with Gasteiger partial charge in [-0.2, -0.15) is 0 Å². The Hall–Kier alpha value is -3.42. The molecule has 2 heterocycles. The Morgan fingerprint density at radius 2 is 1.86 bits per heavy atom. The first-order chi connectivity index (χ1) is 17.3. The molecule has 0 spiro atoms. The number of carbonyl (C=O) groups excluding carboxylic acids is 3. The van der Waals surface area contributed by atoms with Gasteiger partial charge in [-0.15, -0.1) is 5.10 Å². The fraction of sp³-hybridized carbons (Fsp3) is 0.174. The highest BCUT2D eigenvalue weighted by atomic mass is 79.9. The standard InChI is InChI=1S/C23H19BrN4O6S2/c1-33-14-8-3-11-9-15(35-22(32)18(11)19(14)34-2)21(31)27-28-23-26-20(30)16(36-23)10-17(29)25-13-6-4-12(24)5-7-13/h3-9,16H,10H2,1-2H3,(H,25,29)(H,27,31)(H,26,28,30)/t16-/m0/s1. The molecule has 3 N–H and O–H groups in total. The highest BCUT2D eigenvalue weighted by molar-refractivity contribution is 9.10. The van der Waals surface area contributed by atoms with Crippen LogP contribution in [0.25, 0.3) is 10.8 Å². The van der Waals surface area contributed by atoms with Crippen molar-refractivity contribution in [1.82, 2.24) is 10.7 Å². The third-order valence-corrected chi connectivity index (χ3v) is 7.55. The van der Waals surface area contributed by atoms with Crippen molar-refractivity contribution in [3.8, 4) is 11.5 Å². The van der Waals surface area contributed by atoms with Gasteiger partial charge < -0.3 is 20.1 Å². The van der Waals surface area contributed by atoms with E-state index < -0.39 is 17.1 Å². The van der Waals surface area contributed by atoms with Crippen LogP contribution in [0.4, 0.5) is 5.69 Å². The van der Waals surface area contributed by atoms with Crippen molar-refractivity contribution in [2.75, 3.05) is 19.5 Å². The lowest BCUT2D eigenvalue weighted by Gasteiger charge is -2.10. The van der Waals surface area contributed by atoms with Crippen LogP contribution in [0, 0.1) is 0 Å². The number of methoxy groups -OCH3 is 2. The fourth-order valence-electron chi connectivity index (χ4n) is 3.37. The molecule has 1 saturated heterocycles. The third kappa shape index (κ3) is 5.69. The molecule has 0 bridgehead atoms. The molecule has 1 fully saturated rings. The molecular weight excluding hydrogens is 572 g/mol. The lowest BCUT2D eigenvalue weighted by molar-refractivity contribution is -0.122. The molecule has 36 heavy (non-hydrogen) atoms. The largest absolute Gasteiger partial charge is 0.493 e. The van der Waals surface area contributed by atoms with Crippen LogP contribution >= 0.6 is 39.0 Å². The van der Waals surface area contributed by atoms with Crippen LogP contribution in [0.3, 0.4) is 0 Å². The monoisotopic (exact) mass is 590 g/mol. The molecule has 4 rings (SSSR count). The Bertz CT molecular complexity index is 1440. The number of thioether (sulfide) groups is 1. The lowest BCUT2D eigenvalue weighted by Crippen LogP contribution is -2.29. The fourth-order valence-corrected chi connectivity index (χ4v) is 5.40. The van der Waals surface area contributed by atoms with Crippen LogP contribution in [0.1, 0.15) is 16.1 Å². The number of rotatable bonds is 7. The molecule has 1 atom stereocenters. The number of fused-ring (bicyclic) bond motifs is 1. The molecule has 2 aromatic carbocycles. The van der Waals surface area contributed by atoms with Gasteiger partial charge in [-0.3, -0.25) is 19.2 Å².